The van der Waals surface area contributed by atoms with E-state index in [1.165, 1.54) is 38.1 Å². The number of aromatic nitrogens is 1. The van der Waals surface area contributed by atoms with Crippen molar-refractivity contribution in [2.24, 2.45) is 0 Å². The molecule has 5 aromatic carbocycles. The van der Waals surface area contributed by atoms with Crippen LogP contribution in [-0.4, -0.2) is 4.98 Å². The van der Waals surface area contributed by atoms with Crippen LogP contribution in [0.1, 0.15) is 0 Å². The lowest BCUT2D eigenvalue weighted by Crippen LogP contribution is -1.96. The van der Waals surface area contributed by atoms with Gasteiger partial charge in [0, 0.05) is 23.1 Å². The molecule has 1 aromatic heterocycles. The molecule has 2 nitrogen and oxygen atoms in total. The Kier molecular flexibility index (Phi) is 6.06. The van der Waals surface area contributed by atoms with Gasteiger partial charge < -0.3 is 4.72 Å². The number of nitrogens with zero attached hydrogens (tertiary/aromatic N) is 1. The highest BCUT2D eigenvalue weighted by atomic mass is 32.2. The lowest BCUT2D eigenvalue weighted by molar-refractivity contribution is 1.31. The van der Waals surface area contributed by atoms with Crippen molar-refractivity contribution < 1.29 is 0 Å². The summed E-state index contributed by atoms with van der Waals surface area (Å²) in [5, 5.41) is 0. The second-order valence-corrected chi connectivity index (χ2v) is 10.3. The number of benzene rings is 5. The molecule has 0 spiro atoms. The Labute approximate surface area is 213 Å². The van der Waals surface area contributed by atoms with Gasteiger partial charge in [0.1, 0.15) is 0 Å². The van der Waals surface area contributed by atoms with Crippen molar-refractivity contribution >= 4 is 39.2 Å². The van der Waals surface area contributed by atoms with E-state index in [1.807, 2.05) is 6.07 Å². The quantitative estimate of drug-likeness (QED) is 0.237. The highest BCUT2D eigenvalue weighted by Gasteiger charge is 2.16. The fourth-order valence-corrected chi connectivity index (χ4v) is 6.04. The second-order valence-electron chi connectivity index (χ2n) is 8.20. The first-order valence-corrected chi connectivity index (χ1v) is 13.1. The summed E-state index contributed by atoms with van der Waals surface area (Å²) in [6.07, 6.45) is 0. The van der Waals surface area contributed by atoms with E-state index in [2.05, 4.69) is 126 Å². The Morgan fingerprint density at radius 3 is 1.63 bits per heavy atom. The number of fused-ring (bicyclic) bond motifs is 1. The smallest absolute Gasteiger partial charge is 0.171 e. The molecule has 1 N–H and O–H groups in total. The van der Waals surface area contributed by atoms with E-state index in [0.29, 0.717) is 0 Å². The van der Waals surface area contributed by atoms with Gasteiger partial charge in [0.05, 0.1) is 15.9 Å². The molecular weight excluding hydrogens is 464 g/mol. The molecule has 0 aliphatic carbocycles. The van der Waals surface area contributed by atoms with Crippen molar-refractivity contribution in [2.45, 2.75) is 4.34 Å². The molecule has 1 heterocycles. The summed E-state index contributed by atoms with van der Waals surface area (Å²) >= 11 is 3.29. The van der Waals surface area contributed by atoms with Crippen molar-refractivity contribution in [3.8, 4) is 33.4 Å². The molecule has 0 aliphatic heterocycles. The van der Waals surface area contributed by atoms with Gasteiger partial charge in [0.25, 0.3) is 0 Å². The molecule has 6 aromatic rings. The van der Waals surface area contributed by atoms with Crippen LogP contribution < -0.4 is 4.72 Å². The van der Waals surface area contributed by atoms with E-state index in [-0.39, 0.29) is 0 Å². The van der Waals surface area contributed by atoms with Crippen LogP contribution in [0.4, 0.5) is 5.69 Å². The Morgan fingerprint density at radius 1 is 0.543 bits per heavy atom. The minimum atomic E-state index is 0.997. The molecule has 168 valence electrons. The number of anilines is 1. The third kappa shape index (κ3) is 4.59. The Bertz CT molecular complexity index is 1480. The van der Waals surface area contributed by atoms with Crippen molar-refractivity contribution in [2.75, 3.05) is 4.72 Å². The van der Waals surface area contributed by atoms with E-state index < -0.39 is 0 Å². The molecule has 0 radical (unpaired) electrons. The van der Waals surface area contributed by atoms with Gasteiger partial charge in [0.2, 0.25) is 0 Å². The summed E-state index contributed by atoms with van der Waals surface area (Å²) < 4.78 is 5.89. The van der Waals surface area contributed by atoms with Crippen LogP contribution in [0.15, 0.2) is 132 Å². The fraction of sp³-hybridized carbons (Fsp3) is 0. The standard InChI is InChI=1S/C31H22N2S2/c1-4-12-22(13-5-1)25-20-26(23-14-6-2-7-15-23)30(27(21-25)24-16-8-3-9-17-24)33-35-31-32-28-18-10-11-19-29(28)34-31/h1-21,33H. The number of para-hydroxylation sites is 1. The summed E-state index contributed by atoms with van der Waals surface area (Å²) in [6.45, 7) is 0. The summed E-state index contributed by atoms with van der Waals surface area (Å²) in [4.78, 5) is 4.82. The van der Waals surface area contributed by atoms with Crippen LogP contribution >= 0.6 is 23.3 Å². The molecule has 0 aliphatic rings. The Morgan fingerprint density at radius 2 is 1.06 bits per heavy atom. The number of thiazole rings is 1. The summed E-state index contributed by atoms with van der Waals surface area (Å²) in [5.74, 6) is 0. The van der Waals surface area contributed by atoms with Gasteiger partial charge in [-0.25, -0.2) is 4.98 Å². The van der Waals surface area contributed by atoms with Crippen LogP contribution in [0.5, 0.6) is 0 Å². The van der Waals surface area contributed by atoms with Crippen molar-refractivity contribution in [3.63, 3.8) is 0 Å². The second kappa shape index (κ2) is 9.79. The summed E-state index contributed by atoms with van der Waals surface area (Å²) in [6, 6.07) is 44.6. The first-order chi connectivity index (χ1) is 17.3. The van der Waals surface area contributed by atoms with Crippen LogP contribution in [0.3, 0.4) is 0 Å². The first-order valence-electron chi connectivity index (χ1n) is 11.5. The molecule has 0 fully saturated rings. The van der Waals surface area contributed by atoms with E-state index in [9.17, 15) is 0 Å². The SMILES string of the molecule is c1ccc(-c2cc(-c3ccccc3)c(NSc3nc4ccccc4s3)c(-c3ccccc3)c2)cc1. The van der Waals surface area contributed by atoms with Crippen LogP contribution in [0.2, 0.25) is 0 Å². The molecule has 4 heteroatoms. The highest BCUT2D eigenvalue weighted by Crippen LogP contribution is 2.43. The van der Waals surface area contributed by atoms with Gasteiger partial charge in [-0.3, -0.25) is 0 Å². The van der Waals surface area contributed by atoms with Gasteiger partial charge in [0.15, 0.2) is 4.34 Å². The first kappa shape index (κ1) is 21.7. The Balaban J connectivity index is 1.52. The van der Waals surface area contributed by atoms with Crippen LogP contribution in [-0.2, 0) is 0 Å². The number of hydrogen-bond acceptors (Lipinski definition) is 4. The molecule has 0 saturated heterocycles. The number of rotatable bonds is 6. The fourth-order valence-electron chi connectivity index (χ4n) is 4.23. The largest absolute Gasteiger partial charge is 0.323 e. The lowest BCUT2D eigenvalue weighted by atomic mass is 9.91. The third-order valence-corrected chi connectivity index (χ3v) is 7.83. The predicted octanol–water partition coefficient (Wildman–Crippen LogP) is 9.42. The van der Waals surface area contributed by atoms with E-state index in [1.54, 1.807) is 23.3 Å². The van der Waals surface area contributed by atoms with Crippen molar-refractivity contribution in [3.05, 3.63) is 127 Å². The van der Waals surface area contributed by atoms with Gasteiger partial charge in [-0.05, 0) is 46.5 Å². The maximum absolute atomic E-state index is 4.82. The van der Waals surface area contributed by atoms with E-state index >= 15 is 0 Å². The minimum absolute atomic E-state index is 0.997. The molecule has 0 bridgehead atoms. The third-order valence-electron chi connectivity index (χ3n) is 5.93. The molecule has 6 rings (SSSR count). The summed E-state index contributed by atoms with van der Waals surface area (Å²) in [5.41, 5.74) is 9.20. The van der Waals surface area contributed by atoms with Gasteiger partial charge >= 0.3 is 0 Å². The monoisotopic (exact) mass is 486 g/mol. The molecule has 0 saturated carbocycles. The van der Waals surface area contributed by atoms with Crippen LogP contribution in [0, 0.1) is 0 Å². The topological polar surface area (TPSA) is 24.9 Å². The zero-order valence-corrected chi connectivity index (χ0v) is 20.5. The molecule has 0 atom stereocenters. The number of hydrogen-bond donors (Lipinski definition) is 1. The average Bonchev–Trinajstić information content (AvgIpc) is 3.36. The summed E-state index contributed by atoms with van der Waals surface area (Å²) in [7, 11) is 0. The molecule has 35 heavy (non-hydrogen) atoms. The normalized spacial score (nSPS) is 11.0. The van der Waals surface area contributed by atoms with Crippen molar-refractivity contribution in [1.82, 2.24) is 4.98 Å². The zero-order valence-electron chi connectivity index (χ0n) is 18.9. The Hall–Kier alpha value is -3.86. The van der Waals surface area contributed by atoms with Gasteiger partial charge in [-0.15, -0.1) is 11.3 Å². The maximum atomic E-state index is 4.82. The van der Waals surface area contributed by atoms with E-state index in [0.717, 1.165) is 15.5 Å². The lowest BCUT2D eigenvalue weighted by Gasteiger charge is -2.19. The van der Waals surface area contributed by atoms with E-state index in [4.69, 9.17) is 4.98 Å². The average molecular weight is 487 g/mol. The molecule has 0 amide bonds. The number of nitrogens with one attached hydrogen (secondary N) is 1. The van der Waals surface area contributed by atoms with Crippen molar-refractivity contribution in [1.29, 1.82) is 0 Å². The van der Waals surface area contributed by atoms with Gasteiger partial charge in [-0.2, -0.15) is 0 Å². The zero-order chi connectivity index (χ0) is 23.5. The van der Waals surface area contributed by atoms with Gasteiger partial charge in [-0.1, -0.05) is 103 Å². The van der Waals surface area contributed by atoms with Crippen LogP contribution in [0.25, 0.3) is 43.6 Å². The maximum Gasteiger partial charge on any atom is 0.171 e. The highest BCUT2D eigenvalue weighted by molar-refractivity contribution is 8.02. The molecular formula is C31H22N2S2. The molecule has 0 unspecified atom stereocenters. The minimum Gasteiger partial charge on any atom is -0.323 e. The predicted molar refractivity (Wildman–Crippen MR) is 152 cm³/mol.